The van der Waals surface area contributed by atoms with E-state index in [1.165, 1.54) is 6.20 Å². The highest BCUT2D eigenvalue weighted by atomic mass is 35.5. The number of nitrogens with zero attached hydrogens (tertiary/aromatic N) is 3. The van der Waals surface area contributed by atoms with E-state index in [2.05, 4.69) is 20.2 Å². The van der Waals surface area contributed by atoms with Crippen LogP contribution in [-0.2, 0) is 11.1 Å². The van der Waals surface area contributed by atoms with Crippen LogP contribution in [0.4, 0.5) is 11.6 Å². The normalized spacial score (nSPS) is 14.2. The number of methoxy groups -OCH3 is 1. The molecular formula is C22H27ClN5O2P. The molecule has 0 aliphatic rings. The number of nitrogens with one attached hydrogen (secondary N) is 1. The summed E-state index contributed by atoms with van der Waals surface area (Å²) in [7, 11) is 2.65. The van der Waals surface area contributed by atoms with Crippen molar-refractivity contribution in [2.45, 2.75) is 12.3 Å². The number of nitrogens with two attached hydrogens (primary N) is 1. The number of hydrogen-bond acceptors (Lipinski definition) is 7. The predicted octanol–water partition coefficient (Wildman–Crippen LogP) is 4.22. The molecule has 3 N–H and O–H groups in total. The van der Waals surface area contributed by atoms with Gasteiger partial charge in [0.05, 0.1) is 29.7 Å². The van der Waals surface area contributed by atoms with Crippen LogP contribution in [0.15, 0.2) is 54.7 Å². The van der Waals surface area contributed by atoms with Gasteiger partial charge in [0, 0.05) is 11.8 Å². The number of rotatable bonds is 8. The molecule has 1 heterocycles. The Morgan fingerprint density at radius 1 is 1.23 bits per heavy atom. The van der Waals surface area contributed by atoms with E-state index in [-0.39, 0.29) is 5.02 Å². The number of ether oxygens (including phenoxy) is 1. The number of aromatic nitrogens is 2. The molecule has 2 atom stereocenters. The Balaban J connectivity index is 1.90. The molecular weight excluding hydrogens is 433 g/mol. The zero-order valence-electron chi connectivity index (χ0n) is 18.0. The lowest BCUT2D eigenvalue weighted by atomic mass is 10.2. The second-order valence-electron chi connectivity index (χ2n) is 7.59. The molecule has 0 saturated carbocycles. The average Bonchev–Trinajstić information content (AvgIpc) is 2.75. The minimum absolute atomic E-state index is 0.268. The van der Waals surface area contributed by atoms with E-state index in [0.29, 0.717) is 28.4 Å². The topological polar surface area (TPSA) is 93.4 Å². The lowest BCUT2D eigenvalue weighted by molar-refractivity contribution is 0.396. The number of hydrogen-bond donors (Lipinski definition) is 2. The van der Waals surface area contributed by atoms with Gasteiger partial charge in [-0.2, -0.15) is 0 Å². The van der Waals surface area contributed by atoms with Crippen LogP contribution in [0.25, 0.3) is 0 Å². The molecule has 0 bridgehead atoms. The summed E-state index contributed by atoms with van der Waals surface area (Å²) in [4.78, 5) is 10.8. The van der Waals surface area contributed by atoms with Gasteiger partial charge in [-0.3, -0.25) is 0 Å². The minimum Gasteiger partial charge on any atom is -0.495 e. The fraction of sp³-hybridized carbons (Fsp3) is 0.273. The van der Waals surface area contributed by atoms with Gasteiger partial charge in [0.2, 0.25) is 5.95 Å². The van der Waals surface area contributed by atoms with Crippen LogP contribution in [-0.4, -0.2) is 42.7 Å². The fourth-order valence-electron chi connectivity index (χ4n) is 3.19. The molecule has 3 aromatic rings. The summed E-state index contributed by atoms with van der Waals surface area (Å²) in [5.74, 6) is 0.0890. The van der Waals surface area contributed by atoms with Crippen molar-refractivity contribution in [1.29, 1.82) is 0 Å². The van der Waals surface area contributed by atoms with Gasteiger partial charge in [-0.15, -0.1) is 0 Å². The Labute approximate surface area is 188 Å². The number of halogens is 1. The summed E-state index contributed by atoms with van der Waals surface area (Å²) in [6.07, 6.45) is 1.46. The zero-order valence-corrected chi connectivity index (χ0v) is 19.7. The van der Waals surface area contributed by atoms with Crippen LogP contribution in [0.3, 0.4) is 0 Å². The van der Waals surface area contributed by atoms with Crippen LogP contribution in [0.1, 0.15) is 17.0 Å². The molecule has 1 aromatic heterocycles. The summed E-state index contributed by atoms with van der Waals surface area (Å²) in [5.41, 5.74) is 8.54. The van der Waals surface area contributed by atoms with Gasteiger partial charge in [-0.05, 0) is 38.5 Å². The predicted molar refractivity (Wildman–Crippen MR) is 127 cm³/mol. The third-order valence-electron chi connectivity index (χ3n) is 4.86. The van der Waals surface area contributed by atoms with Crippen molar-refractivity contribution < 1.29 is 9.30 Å². The molecule has 2 aromatic carbocycles. The molecule has 0 fully saturated rings. The molecule has 9 heteroatoms. The highest BCUT2D eigenvalue weighted by molar-refractivity contribution is 7.71. The minimum atomic E-state index is -2.98. The molecule has 164 valence electrons. The average molecular weight is 460 g/mol. The van der Waals surface area contributed by atoms with Crippen molar-refractivity contribution in [3.05, 3.63) is 71.0 Å². The second kappa shape index (κ2) is 9.79. The Morgan fingerprint density at radius 3 is 2.58 bits per heavy atom. The van der Waals surface area contributed by atoms with Crippen LogP contribution >= 0.6 is 18.7 Å². The van der Waals surface area contributed by atoms with E-state index in [0.717, 1.165) is 12.1 Å². The standard InChI is InChI=1S/C22H27ClN5O2P/c1-28(2)14-15-10-11-18(19(12-15)30-3)26-22-25-13-17(23)20(27-22)21(24)31(4,29)16-8-6-5-7-9-16/h5-13,21H,14,24H2,1-4H3,(H,25,26,27). The van der Waals surface area contributed by atoms with E-state index in [4.69, 9.17) is 22.1 Å². The summed E-state index contributed by atoms with van der Waals surface area (Å²) in [6, 6.07) is 15.0. The molecule has 3 rings (SSSR count). The van der Waals surface area contributed by atoms with E-state index >= 15 is 0 Å². The first kappa shape index (κ1) is 23.2. The van der Waals surface area contributed by atoms with Gasteiger partial charge in [0.1, 0.15) is 18.7 Å². The Hall–Kier alpha value is -2.44. The maximum Gasteiger partial charge on any atom is 0.227 e. The van der Waals surface area contributed by atoms with Gasteiger partial charge in [-0.25, -0.2) is 9.97 Å². The molecule has 0 aliphatic carbocycles. The van der Waals surface area contributed by atoms with Crippen molar-refractivity contribution in [3.8, 4) is 5.75 Å². The van der Waals surface area contributed by atoms with E-state index < -0.39 is 12.9 Å². The third kappa shape index (κ3) is 5.43. The highest BCUT2D eigenvalue weighted by Crippen LogP contribution is 2.52. The molecule has 31 heavy (non-hydrogen) atoms. The van der Waals surface area contributed by atoms with Crippen LogP contribution < -0.4 is 21.1 Å². The van der Waals surface area contributed by atoms with Crippen molar-refractivity contribution in [2.24, 2.45) is 5.73 Å². The smallest absolute Gasteiger partial charge is 0.227 e. The maximum absolute atomic E-state index is 13.5. The first-order chi connectivity index (χ1) is 14.7. The van der Waals surface area contributed by atoms with E-state index in [1.54, 1.807) is 25.9 Å². The first-order valence-corrected chi connectivity index (χ1v) is 12.3. The summed E-state index contributed by atoms with van der Waals surface area (Å²) in [6.45, 7) is 2.43. The Bertz CT molecular complexity index is 1090. The third-order valence-corrected chi connectivity index (χ3v) is 7.78. The fourth-order valence-corrected chi connectivity index (χ4v) is 5.22. The lowest BCUT2D eigenvalue weighted by Crippen LogP contribution is -2.20. The summed E-state index contributed by atoms with van der Waals surface area (Å²) < 4.78 is 19.0. The molecule has 2 unspecified atom stereocenters. The van der Waals surface area contributed by atoms with Gasteiger partial charge in [0.25, 0.3) is 0 Å². The summed E-state index contributed by atoms with van der Waals surface area (Å²) in [5, 5.41) is 4.09. The quantitative estimate of drug-likeness (QED) is 0.487. The zero-order chi connectivity index (χ0) is 22.6. The molecule has 0 aliphatic heterocycles. The van der Waals surface area contributed by atoms with Crippen LogP contribution in [0.2, 0.25) is 5.02 Å². The molecule has 0 amide bonds. The van der Waals surface area contributed by atoms with Crippen LogP contribution in [0.5, 0.6) is 5.75 Å². The molecule has 0 radical (unpaired) electrons. The Kier molecular flexibility index (Phi) is 7.34. The van der Waals surface area contributed by atoms with Crippen molar-refractivity contribution in [2.75, 3.05) is 33.2 Å². The van der Waals surface area contributed by atoms with E-state index in [1.807, 2.05) is 50.5 Å². The second-order valence-corrected chi connectivity index (χ2v) is 11.1. The van der Waals surface area contributed by atoms with Gasteiger partial charge < -0.3 is 25.3 Å². The highest BCUT2D eigenvalue weighted by Gasteiger charge is 2.31. The molecule has 7 nitrogen and oxygen atoms in total. The van der Waals surface area contributed by atoms with Crippen molar-refractivity contribution >= 4 is 35.7 Å². The van der Waals surface area contributed by atoms with Crippen molar-refractivity contribution in [3.63, 3.8) is 0 Å². The monoisotopic (exact) mass is 459 g/mol. The number of benzene rings is 2. The molecule has 0 saturated heterocycles. The van der Waals surface area contributed by atoms with Gasteiger partial charge >= 0.3 is 0 Å². The largest absolute Gasteiger partial charge is 0.495 e. The van der Waals surface area contributed by atoms with Gasteiger partial charge in [0.15, 0.2) is 0 Å². The summed E-state index contributed by atoms with van der Waals surface area (Å²) >= 11 is 6.33. The number of anilines is 2. The van der Waals surface area contributed by atoms with Gasteiger partial charge in [-0.1, -0.05) is 48.0 Å². The molecule has 0 spiro atoms. The van der Waals surface area contributed by atoms with Crippen LogP contribution in [0, 0.1) is 0 Å². The lowest BCUT2D eigenvalue weighted by Gasteiger charge is -2.22. The van der Waals surface area contributed by atoms with E-state index in [9.17, 15) is 4.57 Å². The van der Waals surface area contributed by atoms with Crippen molar-refractivity contribution in [1.82, 2.24) is 14.9 Å². The first-order valence-electron chi connectivity index (χ1n) is 9.72. The SMILES string of the molecule is COc1cc(CN(C)C)ccc1Nc1ncc(Cl)c(C(N)P(C)(=O)c2ccccc2)n1. The maximum atomic E-state index is 13.5. The Morgan fingerprint density at radius 2 is 1.94 bits per heavy atom.